The highest BCUT2D eigenvalue weighted by Crippen LogP contribution is 2.43. The number of pyridine rings is 1. The van der Waals surface area contributed by atoms with E-state index in [1.165, 1.54) is 12.8 Å². The van der Waals surface area contributed by atoms with Crippen molar-refractivity contribution >= 4 is 5.82 Å². The summed E-state index contributed by atoms with van der Waals surface area (Å²) in [6, 6.07) is 15.8. The van der Waals surface area contributed by atoms with Gasteiger partial charge in [-0.3, -0.25) is 0 Å². The first-order chi connectivity index (χ1) is 15.6. The topological polar surface area (TPSA) is 72.8 Å². The molecule has 1 aliphatic carbocycles. The van der Waals surface area contributed by atoms with E-state index >= 15 is 0 Å². The second-order valence-electron chi connectivity index (χ2n) is 8.65. The van der Waals surface area contributed by atoms with Crippen molar-refractivity contribution in [3.8, 4) is 45.4 Å². The van der Waals surface area contributed by atoms with Crippen LogP contribution in [0.25, 0.3) is 22.4 Å². The molecule has 5 rings (SSSR count). The summed E-state index contributed by atoms with van der Waals surface area (Å²) < 4.78 is 16.7. The molecule has 0 atom stereocenters. The quantitative estimate of drug-likeness (QED) is 0.527. The van der Waals surface area contributed by atoms with E-state index in [1.54, 1.807) is 13.2 Å². The number of aromatic hydroxyl groups is 1. The molecule has 2 aliphatic rings. The molecule has 1 saturated carbocycles. The molecule has 0 radical (unpaired) electrons. The number of para-hydroxylation sites is 1. The van der Waals surface area contributed by atoms with Gasteiger partial charge in [-0.2, -0.15) is 0 Å². The number of hydrogen-bond acceptors (Lipinski definition) is 6. The van der Waals surface area contributed by atoms with Crippen LogP contribution in [0.4, 0.5) is 5.82 Å². The van der Waals surface area contributed by atoms with Gasteiger partial charge in [0.25, 0.3) is 0 Å². The Balaban J connectivity index is 1.57. The number of benzene rings is 2. The van der Waals surface area contributed by atoms with Gasteiger partial charge < -0.3 is 24.6 Å². The molecule has 2 aromatic carbocycles. The lowest BCUT2D eigenvalue weighted by molar-refractivity contribution is 0.174. The van der Waals surface area contributed by atoms with Crippen LogP contribution in [0.5, 0.6) is 23.0 Å². The second-order valence-corrected chi connectivity index (χ2v) is 8.65. The van der Waals surface area contributed by atoms with Gasteiger partial charge in [0.05, 0.1) is 12.8 Å². The van der Waals surface area contributed by atoms with E-state index < -0.39 is 0 Å². The SMILES string of the molecule is COc1cc(-c2cc(-c3cccc4c3OCO4)cc(NC3CCC(C)CC3)n2)ccc1O. The van der Waals surface area contributed by atoms with Crippen LogP contribution >= 0.6 is 0 Å². The van der Waals surface area contributed by atoms with Gasteiger partial charge in [-0.1, -0.05) is 19.1 Å². The highest BCUT2D eigenvalue weighted by Gasteiger charge is 2.22. The zero-order chi connectivity index (χ0) is 22.1. The fraction of sp³-hybridized carbons (Fsp3) is 0.346. The van der Waals surface area contributed by atoms with Crippen molar-refractivity contribution in [2.45, 2.75) is 38.6 Å². The Kier molecular flexibility index (Phi) is 5.52. The molecule has 6 heteroatoms. The van der Waals surface area contributed by atoms with Gasteiger partial charge in [0, 0.05) is 17.2 Å². The molecule has 166 valence electrons. The number of methoxy groups -OCH3 is 1. The van der Waals surface area contributed by atoms with Crippen LogP contribution in [0.1, 0.15) is 32.6 Å². The van der Waals surface area contributed by atoms with E-state index in [2.05, 4.69) is 18.3 Å². The first-order valence-corrected chi connectivity index (χ1v) is 11.2. The summed E-state index contributed by atoms with van der Waals surface area (Å²) in [5.74, 6) is 3.65. The van der Waals surface area contributed by atoms with E-state index in [0.29, 0.717) is 11.8 Å². The predicted molar refractivity (Wildman–Crippen MR) is 124 cm³/mol. The number of nitrogens with zero attached hydrogens (tertiary/aromatic N) is 1. The Hall–Kier alpha value is -3.41. The van der Waals surface area contributed by atoms with Crippen molar-refractivity contribution in [3.05, 3.63) is 48.5 Å². The Morgan fingerprint density at radius 2 is 1.84 bits per heavy atom. The zero-order valence-electron chi connectivity index (χ0n) is 18.4. The van der Waals surface area contributed by atoms with Crippen LogP contribution in [0, 0.1) is 5.92 Å². The number of phenolic OH excluding ortho intramolecular Hbond substituents is 1. The largest absolute Gasteiger partial charge is 0.504 e. The van der Waals surface area contributed by atoms with Crippen LogP contribution in [0.15, 0.2) is 48.5 Å². The predicted octanol–water partition coefficient (Wildman–Crippen LogP) is 5.85. The van der Waals surface area contributed by atoms with E-state index in [4.69, 9.17) is 19.2 Å². The third-order valence-corrected chi connectivity index (χ3v) is 6.38. The van der Waals surface area contributed by atoms with Crippen LogP contribution < -0.4 is 19.5 Å². The molecule has 1 aliphatic heterocycles. The number of fused-ring (bicyclic) bond motifs is 1. The summed E-state index contributed by atoms with van der Waals surface area (Å²) in [6.07, 6.45) is 4.76. The number of nitrogens with one attached hydrogen (secondary N) is 1. The fourth-order valence-electron chi connectivity index (χ4n) is 4.52. The number of hydrogen-bond donors (Lipinski definition) is 2. The summed E-state index contributed by atoms with van der Waals surface area (Å²) in [4.78, 5) is 4.92. The molecule has 32 heavy (non-hydrogen) atoms. The maximum atomic E-state index is 10.0. The molecule has 0 bridgehead atoms. The van der Waals surface area contributed by atoms with Crippen molar-refractivity contribution in [2.24, 2.45) is 5.92 Å². The molecule has 3 aromatic rings. The minimum Gasteiger partial charge on any atom is -0.504 e. The standard InChI is InChI=1S/C26H28N2O4/c1-16-6-9-19(10-7-16)27-25-14-18(20-4-3-5-23-26(20)32-15-31-23)12-21(28-25)17-8-11-22(29)24(13-17)30-2/h3-5,8,11-14,16,19,29H,6-7,9-10,15H2,1-2H3,(H,27,28). The molecule has 6 nitrogen and oxygen atoms in total. The van der Waals surface area contributed by atoms with Crippen LogP contribution in [-0.4, -0.2) is 30.0 Å². The average molecular weight is 433 g/mol. The third kappa shape index (κ3) is 4.05. The molecular formula is C26H28N2O4. The van der Waals surface area contributed by atoms with E-state index in [-0.39, 0.29) is 12.5 Å². The van der Waals surface area contributed by atoms with Crippen molar-refractivity contribution in [1.82, 2.24) is 4.98 Å². The third-order valence-electron chi connectivity index (χ3n) is 6.38. The second kappa shape index (κ2) is 8.61. The van der Waals surface area contributed by atoms with Gasteiger partial charge in [-0.25, -0.2) is 4.98 Å². The highest BCUT2D eigenvalue weighted by molar-refractivity contribution is 5.80. The molecule has 1 fully saturated rings. The maximum absolute atomic E-state index is 10.0. The van der Waals surface area contributed by atoms with E-state index in [9.17, 15) is 5.11 Å². The van der Waals surface area contributed by atoms with Gasteiger partial charge in [0.1, 0.15) is 5.82 Å². The molecule has 2 N–H and O–H groups in total. The van der Waals surface area contributed by atoms with Gasteiger partial charge >= 0.3 is 0 Å². The lowest BCUT2D eigenvalue weighted by Crippen LogP contribution is -2.25. The summed E-state index contributed by atoms with van der Waals surface area (Å²) in [6.45, 7) is 2.55. The Morgan fingerprint density at radius 1 is 1.00 bits per heavy atom. The molecular weight excluding hydrogens is 404 g/mol. The number of rotatable bonds is 5. The zero-order valence-corrected chi connectivity index (χ0v) is 18.4. The number of anilines is 1. The number of aromatic nitrogens is 1. The summed E-state index contributed by atoms with van der Waals surface area (Å²) in [7, 11) is 1.55. The van der Waals surface area contributed by atoms with E-state index in [0.717, 1.165) is 58.5 Å². The van der Waals surface area contributed by atoms with Crippen molar-refractivity contribution in [2.75, 3.05) is 19.2 Å². The molecule has 0 spiro atoms. The van der Waals surface area contributed by atoms with Gasteiger partial charge in [0.2, 0.25) is 6.79 Å². The minimum atomic E-state index is 0.105. The smallest absolute Gasteiger partial charge is 0.231 e. The Morgan fingerprint density at radius 3 is 2.66 bits per heavy atom. The van der Waals surface area contributed by atoms with E-state index in [1.807, 2.05) is 36.4 Å². The normalized spacial score (nSPS) is 19.6. The maximum Gasteiger partial charge on any atom is 0.231 e. The number of ether oxygens (including phenoxy) is 3. The van der Waals surface area contributed by atoms with Crippen LogP contribution in [-0.2, 0) is 0 Å². The average Bonchev–Trinajstić information content (AvgIpc) is 3.30. The molecule has 1 aromatic heterocycles. The summed E-state index contributed by atoms with van der Waals surface area (Å²) in [5.41, 5.74) is 3.63. The lowest BCUT2D eigenvalue weighted by atomic mass is 9.87. The van der Waals surface area contributed by atoms with Gasteiger partial charge in [-0.15, -0.1) is 0 Å². The van der Waals surface area contributed by atoms with Gasteiger partial charge in [0.15, 0.2) is 23.0 Å². The summed E-state index contributed by atoms with van der Waals surface area (Å²) in [5, 5.41) is 13.7. The molecule has 0 saturated heterocycles. The van der Waals surface area contributed by atoms with Crippen molar-refractivity contribution in [3.63, 3.8) is 0 Å². The minimum absolute atomic E-state index is 0.105. The Bertz CT molecular complexity index is 1120. The molecule has 0 unspecified atom stereocenters. The first-order valence-electron chi connectivity index (χ1n) is 11.2. The van der Waals surface area contributed by atoms with Crippen molar-refractivity contribution < 1.29 is 19.3 Å². The Labute approximate surface area is 188 Å². The summed E-state index contributed by atoms with van der Waals surface area (Å²) >= 11 is 0. The van der Waals surface area contributed by atoms with Crippen LogP contribution in [0.2, 0.25) is 0 Å². The monoisotopic (exact) mass is 432 g/mol. The highest BCUT2D eigenvalue weighted by atomic mass is 16.7. The fourth-order valence-corrected chi connectivity index (χ4v) is 4.52. The molecule has 0 amide bonds. The van der Waals surface area contributed by atoms with Crippen molar-refractivity contribution in [1.29, 1.82) is 0 Å². The molecule has 2 heterocycles. The lowest BCUT2D eigenvalue weighted by Gasteiger charge is -2.27. The number of phenols is 1. The van der Waals surface area contributed by atoms with Crippen LogP contribution in [0.3, 0.4) is 0 Å². The van der Waals surface area contributed by atoms with Gasteiger partial charge in [-0.05, 0) is 73.6 Å². The first kappa shape index (κ1) is 20.5.